The average Bonchev–Trinajstić information content (AvgIpc) is 2.14. The van der Waals surface area contributed by atoms with Crippen molar-refractivity contribution in [2.75, 3.05) is 12.5 Å². The highest BCUT2D eigenvalue weighted by Crippen LogP contribution is 2.20. The Labute approximate surface area is 96.1 Å². The van der Waals surface area contributed by atoms with Crippen LogP contribution in [0.25, 0.3) is 0 Å². The van der Waals surface area contributed by atoms with Crippen molar-refractivity contribution in [2.45, 2.75) is 16.2 Å². The molecular formula is C10H13O4S2. The normalized spacial score (nSPS) is 12.7. The Morgan fingerprint density at radius 3 is 2.00 bits per heavy atom. The van der Waals surface area contributed by atoms with Gasteiger partial charge in [0.15, 0.2) is 19.7 Å². The van der Waals surface area contributed by atoms with Gasteiger partial charge in [0.05, 0.1) is 9.79 Å². The third kappa shape index (κ3) is 2.82. The molecule has 16 heavy (non-hydrogen) atoms. The predicted molar refractivity (Wildman–Crippen MR) is 61.7 cm³/mol. The van der Waals surface area contributed by atoms with E-state index in [1.54, 1.807) is 0 Å². The molecule has 0 aromatic heterocycles. The van der Waals surface area contributed by atoms with Gasteiger partial charge >= 0.3 is 0 Å². The van der Waals surface area contributed by atoms with E-state index in [2.05, 4.69) is 6.92 Å². The van der Waals surface area contributed by atoms with Gasteiger partial charge in [0.1, 0.15) is 0 Å². The van der Waals surface area contributed by atoms with Crippen LogP contribution in [0.2, 0.25) is 0 Å². The van der Waals surface area contributed by atoms with E-state index < -0.39 is 19.7 Å². The monoisotopic (exact) mass is 261 g/mol. The van der Waals surface area contributed by atoms with E-state index in [0.717, 1.165) is 12.5 Å². The Balaban J connectivity index is 3.52. The van der Waals surface area contributed by atoms with Gasteiger partial charge in [0.2, 0.25) is 0 Å². The van der Waals surface area contributed by atoms with Crippen molar-refractivity contribution in [1.29, 1.82) is 0 Å². The molecule has 1 rings (SSSR count). The van der Waals surface area contributed by atoms with Crippen molar-refractivity contribution in [3.05, 3.63) is 30.7 Å². The van der Waals surface area contributed by atoms with Crippen LogP contribution in [0.4, 0.5) is 0 Å². The Bertz CT molecular complexity index is 598. The summed E-state index contributed by atoms with van der Waals surface area (Å²) in [6, 6.07) is 3.97. The van der Waals surface area contributed by atoms with E-state index in [-0.39, 0.29) is 16.2 Å². The van der Waals surface area contributed by atoms with Crippen LogP contribution in [0, 0.1) is 6.92 Å². The fourth-order valence-corrected chi connectivity index (χ4v) is 2.97. The van der Waals surface area contributed by atoms with E-state index in [4.69, 9.17) is 0 Å². The molecule has 0 aliphatic rings. The second kappa shape index (κ2) is 4.18. The molecule has 1 aromatic rings. The molecule has 1 aromatic carbocycles. The van der Waals surface area contributed by atoms with Gasteiger partial charge in [-0.05, 0) is 37.1 Å². The molecule has 1 radical (unpaired) electrons. The van der Waals surface area contributed by atoms with Crippen molar-refractivity contribution in [3.63, 3.8) is 0 Å². The zero-order valence-corrected chi connectivity index (χ0v) is 10.7. The minimum Gasteiger partial charge on any atom is -0.224 e. The highest BCUT2D eigenvalue weighted by atomic mass is 32.2. The Kier molecular flexibility index (Phi) is 3.44. The Hall–Kier alpha value is -0.880. The van der Waals surface area contributed by atoms with Gasteiger partial charge in [-0.2, -0.15) is 0 Å². The van der Waals surface area contributed by atoms with Crippen LogP contribution in [0.3, 0.4) is 0 Å². The van der Waals surface area contributed by atoms with Crippen LogP contribution >= 0.6 is 0 Å². The predicted octanol–water partition coefficient (Wildman–Crippen LogP) is 0.870. The van der Waals surface area contributed by atoms with Gasteiger partial charge < -0.3 is 0 Å². The molecule has 0 unspecified atom stereocenters. The minimum absolute atomic E-state index is 0.110. The summed E-state index contributed by atoms with van der Waals surface area (Å²) in [5.41, 5.74) is 0.422. The first-order valence-corrected chi connectivity index (χ1v) is 8.27. The summed E-state index contributed by atoms with van der Waals surface area (Å²) in [5.74, 6) is 0. The van der Waals surface area contributed by atoms with Crippen molar-refractivity contribution in [2.24, 2.45) is 0 Å². The lowest BCUT2D eigenvalue weighted by Crippen LogP contribution is -2.05. The molecule has 0 N–H and O–H groups in total. The smallest absolute Gasteiger partial charge is 0.175 e. The second-order valence-electron chi connectivity index (χ2n) is 3.56. The maximum absolute atomic E-state index is 11.4. The van der Waals surface area contributed by atoms with Gasteiger partial charge in [-0.1, -0.05) is 0 Å². The van der Waals surface area contributed by atoms with E-state index in [1.165, 1.54) is 18.2 Å². The lowest BCUT2D eigenvalue weighted by molar-refractivity contribution is 0.597. The SMILES string of the molecule is [CH2]Cc1cc(S(C)(=O)=O)ccc1S(C)(=O)=O. The number of benzene rings is 1. The molecule has 0 atom stereocenters. The quantitative estimate of drug-likeness (QED) is 0.809. The third-order valence-electron chi connectivity index (χ3n) is 2.13. The number of hydrogen-bond donors (Lipinski definition) is 0. The average molecular weight is 261 g/mol. The summed E-state index contributed by atoms with van der Waals surface area (Å²) in [5, 5.41) is 0. The molecule has 6 heteroatoms. The topological polar surface area (TPSA) is 68.3 Å². The molecule has 0 saturated carbocycles. The lowest BCUT2D eigenvalue weighted by Gasteiger charge is -2.07. The van der Waals surface area contributed by atoms with Crippen LogP contribution in [0.5, 0.6) is 0 Å². The first-order chi connectivity index (χ1) is 7.16. The molecular weight excluding hydrogens is 248 g/mol. The van der Waals surface area contributed by atoms with E-state index in [9.17, 15) is 16.8 Å². The molecule has 0 bridgehead atoms. The Morgan fingerprint density at radius 1 is 1.06 bits per heavy atom. The molecule has 0 spiro atoms. The first-order valence-electron chi connectivity index (χ1n) is 4.48. The summed E-state index contributed by atoms with van der Waals surface area (Å²) in [6.07, 6.45) is 2.39. The summed E-state index contributed by atoms with van der Waals surface area (Å²) in [4.78, 5) is 0.244. The number of rotatable bonds is 3. The van der Waals surface area contributed by atoms with Crippen LogP contribution in [0.15, 0.2) is 28.0 Å². The fourth-order valence-electron chi connectivity index (χ4n) is 1.34. The zero-order chi connectivity index (χ0) is 12.6. The summed E-state index contributed by atoms with van der Waals surface area (Å²) < 4.78 is 45.4. The fraction of sp³-hybridized carbons (Fsp3) is 0.300. The standard InChI is InChI=1S/C10H13O4S2/c1-4-8-7-9(15(2,11)12)5-6-10(8)16(3,13)14/h5-7H,1,4H2,2-3H3. The Morgan fingerprint density at radius 2 is 1.62 bits per heavy atom. The molecule has 0 fully saturated rings. The van der Waals surface area contributed by atoms with Gasteiger partial charge in [-0.15, -0.1) is 0 Å². The van der Waals surface area contributed by atoms with Crippen LogP contribution in [-0.4, -0.2) is 29.3 Å². The molecule has 0 aliphatic carbocycles. The summed E-state index contributed by atoms with van der Waals surface area (Å²) >= 11 is 0. The summed E-state index contributed by atoms with van der Waals surface area (Å²) in [6.45, 7) is 3.59. The minimum atomic E-state index is -3.34. The van der Waals surface area contributed by atoms with E-state index in [1.807, 2.05) is 0 Å². The second-order valence-corrected chi connectivity index (χ2v) is 7.56. The summed E-state index contributed by atoms with van der Waals surface area (Å²) in [7, 11) is -6.66. The number of sulfone groups is 2. The van der Waals surface area contributed by atoms with Crippen molar-refractivity contribution in [3.8, 4) is 0 Å². The van der Waals surface area contributed by atoms with Gasteiger partial charge in [-0.3, -0.25) is 0 Å². The molecule has 0 amide bonds. The molecule has 0 heterocycles. The van der Waals surface area contributed by atoms with E-state index >= 15 is 0 Å². The maximum atomic E-state index is 11.4. The maximum Gasteiger partial charge on any atom is 0.175 e. The zero-order valence-electron chi connectivity index (χ0n) is 9.10. The molecule has 0 aliphatic heterocycles. The molecule has 4 nitrogen and oxygen atoms in total. The van der Waals surface area contributed by atoms with Gasteiger partial charge in [0, 0.05) is 12.5 Å². The van der Waals surface area contributed by atoms with Crippen LogP contribution in [-0.2, 0) is 26.1 Å². The highest BCUT2D eigenvalue weighted by molar-refractivity contribution is 7.91. The molecule has 0 saturated heterocycles. The van der Waals surface area contributed by atoms with Crippen LogP contribution < -0.4 is 0 Å². The first kappa shape index (κ1) is 13.2. The largest absolute Gasteiger partial charge is 0.224 e. The van der Waals surface area contributed by atoms with Gasteiger partial charge in [-0.25, -0.2) is 16.8 Å². The van der Waals surface area contributed by atoms with Gasteiger partial charge in [0.25, 0.3) is 0 Å². The highest BCUT2D eigenvalue weighted by Gasteiger charge is 2.15. The van der Waals surface area contributed by atoms with Crippen molar-refractivity contribution in [1.82, 2.24) is 0 Å². The van der Waals surface area contributed by atoms with E-state index in [0.29, 0.717) is 5.56 Å². The van der Waals surface area contributed by atoms with Crippen molar-refractivity contribution >= 4 is 19.7 Å². The number of hydrogen-bond acceptors (Lipinski definition) is 4. The third-order valence-corrected chi connectivity index (χ3v) is 4.44. The van der Waals surface area contributed by atoms with Crippen molar-refractivity contribution < 1.29 is 16.8 Å². The van der Waals surface area contributed by atoms with Crippen LogP contribution in [0.1, 0.15) is 5.56 Å². The lowest BCUT2D eigenvalue weighted by atomic mass is 10.2. The molecule has 89 valence electrons.